The Morgan fingerprint density at radius 2 is 1.95 bits per heavy atom. The van der Waals surface area contributed by atoms with Crippen LogP contribution in [0.1, 0.15) is 11.3 Å². The largest absolute Gasteiger partial charge is 0.450 e. The van der Waals surface area contributed by atoms with Crippen LogP contribution >= 0.6 is 39.1 Å². The van der Waals surface area contributed by atoms with E-state index in [0.717, 1.165) is 0 Å². The minimum absolute atomic E-state index is 0.151. The summed E-state index contributed by atoms with van der Waals surface area (Å²) in [6.45, 7) is 0. The third-order valence-electron chi connectivity index (χ3n) is 2.66. The number of ether oxygens (including phenoxy) is 1. The molecule has 0 N–H and O–H groups in total. The Bertz CT molecular complexity index is 795. The maximum absolute atomic E-state index is 11.8. The molecule has 0 unspecified atom stereocenters. The van der Waals surface area contributed by atoms with E-state index in [9.17, 15) is 4.79 Å². The summed E-state index contributed by atoms with van der Waals surface area (Å²) in [4.78, 5) is 15.9. The maximum atomic E-state index is 11.8. The number of aliphatic imine (C=N–C) groups is 1. The second-order valence-electron chi connectivity index (χ2n) is 4.11. The molecule has 21 heavy (non-hydrogen) atoms. The van der Waals surface area contributed by atoms with Crippen molar-refractivity contribution in [2.24, 2.45) is 4.99 Å². The number of rotatable bonds is 2. The van der Waals surface area contributed by atoms with Gasteiger partial charge in [0, 0.05) is 11.6 Å². The predicted molar refractivity (Wildman–Crippen MR) is 83.5 cm³/mol. The molecule has 1 aromatic carbocycles. The van der Waals surface area contributed by atoms with Crippen LogP contribution in [0.25, 0.3) is 6.08 Å². The van der Waals surface area contributed by atoms with Crippen molar-refractivity contribution in [2.45, 2.75) is 0 Å². The summed E-state index contributed by atoms with van der Waals surface area (Å²) < 4.78 is 11.0. The van der Waals surface area contributed by atoms with Crippen molar-refractivity contribution >= 4 is 57.1 Å². The van der Waals surface area contributed by atoms with Crippen molar-refractivity contribution in [3.8, 4) is 0 Å². The zero-order chi connectivity index (χ0) is 15.0. The molecule has 0 bridgehead atoms. The van der Waals surface area contributed by atoms with Crippen molar-refractivity contribution < 1.29 is 13.9 Å². The van der Waals surface area contributed by atoms with Gasteiger partial charge < -0.3 is 9.15 Å². The molecule has 0 saturated carbocycles. The lowest BCUT2D eigenvalue weighted by Gasteiger charge is -2.01. The molecule has 0 radical (unpaired) electrons. The van der Waals surface area contributed by atoms with Crippen molar-refractivity contribution in [3.63, 3.8) is 0 Å². The van der Waals surface area contributed by atoms with Crippen LogP contribution in [-0.2, 0) is 9.53 Å². The SMILES string of the molecule is O=C1OC(c2ccc(Cl)c(Cl)c2)=N/C1=C\c1ccc(Br)o1. The highest BCUT2D eigenvalue weighted by Crippen LogP contribution is 2.26. The molecule has 1 aromatic heterocycles. The normalized spacial score (nSPS) is 16.2. The molecule has 2 heterocycles. The Balaban J connectivity index is 1.95. The van der Waals surface area contributed by atoms with Crippen molar-refractivity contribution in [3.05, 3.63) is 62.1 Å². The Hall–Kier alpha value is -1.56. The quantitative estimate of drug-likeness (QED) is 0.555. The number of cyclic esters (lactones) is 1. The fourth-order valence-corrected chi connectivity index (χ4v) is 2.32. The number of hydrogen-bond acceptors (Lipinski definition) is 4. The summed E-state index contributed by atoms with van der Waals surface area (Å²) in [6, 6.07) is 8.30. The number of carbonyl (C=O) groups excluding carboxylic acids is 1. The van der Waals surface area contributed by atoms with E-state index in [2.05, 4.69) is 20.9 Å². The first-order valence-electron chi connectivity index (χ1n) is 5.76. The third-order valence-corrected chi connectivity index (χ3v) is 3.83. The fourth-order valence-electron chi connectivity index (χ4n) is 1.70. The van der Waals surface area contributed by atoms with Gasteiger partial charge >= 0.3 is 5.97 Å². The molecule has 2 aromatic rings. The average Bonchev–Trinajstić information content (AvgIpc) is 3.00. The molecule has 0 atom stereocenters. The smallest absolute Gasteiger partial charge is 0.363 e. The Kier molecular flexibility index (Phi) is 3.89. The molecule has 106 valence electrons. The Morgan fingerprint density at radius 3 is 2.62 bits per heavy atom. The highest BCUT2D eigenvalue weighted by molar-refractivity contribution is 9.10. The first-order chi connectivity index (χ1) is 10.0. The van der Waals surface area contributed by atoms with E-state index in [4.69, 9.17) is 32.4 Å². The van der Waals surface area contributed by atoms with Gasteiger partial charge in [-0.3, -0.25) is 0 Å². The number of benzene rings is 1. The number of carbonyl (C=O) groups is 1. The third kappa shape index (κ3) is 3.05. The van der Waals surface area contributed by atoms with Crippen LogP contribution in [-0.4, -0.2) is 11.9 Å². The zero-order valence-corrected chi connectivity index (χ0v) is 13.4. The van der Waals surface area contributed by atoms with Crippen LogP contribution in [0.2, 0.25) is 10.0 Å². The second kappa shape index (κ2) is 5.67. The second-order valence-corrected chi connectivity index (χ2v) is 5.70. The Labute approximate surface area is 138 Å². The lowest BCUT2D eigenvalue weighted by Crippen LogP contribution is -2.05. The van der Waals surface area contributed by atoms with Gasteiger partial charge in [0.15, 0.2) is 10.4 Å². The average molecular weight is 387 g/mol. The molecule has 7 heteroatoms. The topological polar surface area (TPSA) is 51.8 Å². The predicted octanol–water partition coefficient (Wildman–Crippen LogP) is 4.69. The number of halogens is 3. The van der Waals surface area contributed by atoms with Gasteiger partial charge in [-0.1, -0.05) is 23.2 Å². The van der Waals surface area contributed by atoms with Crippen LogP contribution in [0.15, 0.2) is 50.1 Å². The van der Waals surface area contributed by atoms with Gasteiger partial charge in [0.25, 0.3) is 0 Å². The van der Waals surface area contributed by atoms with Crippen molar-refractivity contribution in [1.82, 2.24) is 0 Å². The molecule has 1 aliphatic rings. The summed E-state index contributed by atoms with van der Waals surface area (Å²) in [6.07, 6.45) is 1.50. The number of furan rings is 1. The van der Waals surface area contributed by atoms with E-state index in [1.54, 1.807) is 30.3 Å². The highest BCUT2D eigenvalue weighted by Gasteiger charge is 2.25. The number of hydrogen-bond donors (Lipinski definition) is 0. The van der Waals surface area contributed by atoms with Crippen molar-refractivity contribution in [2.75, 3.05) is 0 Å². The highest BCUT2D eigenvalue weighted by atomic mass is 79.9. The number of esters is 1. The molecule has 0 aliphatic carbocycles. The zero-order valence-electron chi connectivity index (χ0n) is 10.3. The molecule has 3 rings (SSSR count). The maximum Gasteiger partial charge on any atom is 0.363 e. The lowest BCUT2D eigenvalue weighted by atomic mass is 10.2. The molecular formula is C14H6BrCl2NO3. The summed E-state index contributed by atoms with van der Waals surface area (Å²) in [5.41, 5.74) is 0.722. The van der Waals surface area contributed by atoms with E-state index in [1.807, 2.05) is 0 Å². The first-order valence-corrected chi connectivity index (χ1v) is 7.31. The van der Waals surface area contributed by atoms with Gasteiger partial charge in [-0.25, -0.2) is 9.79 Å². The Morgan fingerprint density at radius 1 is 1.14 bits per heavy atom. The molecular weight excluding hydrogens is 381 g/mol. The molecule has 0 amide bonds. The van der Waals surface area contributed by atoms with Gasteiger partial charge in [-0.15, -0.1) is 0 Å². The summed E-state index contributed by atoms with van der Waals surface area (Å²) in [7, 11) is 0. The van der Waals surface area contributed by atoms with Crippen LogP contribution in [0.5, 0.6) is 0 Å². The van der Waals surface area contributed by atoms with E-state index in [0.29, 0.717) is 26.0 Å². The van der Waals surface area contributed by atoms with Gasteiger partial charge in [-0.05, 0) is 46.3 Å². The lowest BCUT2D eigenvalue weighted by molar-refractivity contribution is -0.129. The van der Waals surface area contributed by atoms with Crippen molar-refractivity contribution in [1.29, 1.82) is 0 Å². The summed E-state index contributed by atoms with van der Waals surface area (Å²) in [5, 5.41) is 0.779. The monoisotopic (exact) mass is 385 g/mol. The standard InChI is InChI=1S/C14H6BrCl2NO3/c15-12-4-2-8(20-12)6-11-14(19)21-13(18-11)7-1-3-9(16)10(17)5-7/h1-6H/b11-6-. The summed E-state index contributed by atoms with van der Waals surface area (Å²) in [5.74, 6) is 0.118. The molecule has 0 spiro atoms. The van der Waals surface area contributed by atoms with Gasteiger partial charge in [0.1, 0.15) is 5.76 Å². The first kappa shape index (κ1) is 14.4. The van der Waals surface area contributed by atoms with Crippen LogP contribution in [0.3, 0.4) is 0 Å². The van der Waals surface area contributed by atoms with Crippen LogP contribution in [0, 0.1) is 0 Å². The number of nitrogens with zero attached hydrogens (tertiary/aromatic N) is 1. The van der Waals surface area contributed by atoms with Gasteiger partial charge in [0.2, 0.25) is 5.90 Å². The van der Waals surface area contributed by atoms with E-state index in [1.165, 1.54) is 6.08 Å². The van der Waals surface area contributed by atoms with E-state index < -0.39 is 5.97 Å². The minimum atomic E-state index is -0.552. The molecule has 1 aliphatic heterocycles. The molecule has 4 nitrogen and oxygen atoms in total. The van der Waals surface area contributed by atoms with E-state index in [-0.39, 0.29) is 11.6 Å². The van der Waals surface area contributed by atoms with Crippen LogP contribution < -0.4 is 0 Å². The van der Waals surface area contributed by atoms with Crippen LogP contribution in [0.4, 0.5) is 0 Å². The minimum Gasteiger partial charge on any atom is -0.450 e. The molecule has 0 fully saturated rings. The molecule has 0 saturated heterocycles. The van der Waals surface area contributed by atoms with Gasteiger partial charge in [0.05, 0.1) is 10.0 Å². The van der Waals surface area contributed by atoms with E-state index >= 15 is 0 Å². The summed E-state index contributed by atoms with van der Waals surface area (Å²) >= 11 is 15.0. The van der Waals surface area contributed by atoms with Gasteiger partial charge in [-0.2, -0.15) is 0 Å². The fraction of sp³-hybridized carbons (Fsp3) is 0.